The van der Waals surface area contributed by atoms with Crippen LogP contribution in [0.4, 0.5) is 4.39 Å². The smallest absolute Gasteiger partial charge is 0.262 e. The number of hydrogen-bond acceptors (Lipinski definition) is 4. The molecule has 1 aromatic carbocycles. The Hall–Kier alpha value is -4.00. The first-order valence-corrected chi connectivity index (χ1v) is 10.4. The Kier molecular flexibility index (Phi) is 7.56. The minimum atomic E-state index is -0.620. The second kappa shape index (κ2) is 10.5. The summed E-state index contributed by atoms with van der Waals surface area (Å²) < 4.78 is 21.4. The van der Waals surface area contributed by atoms with E-state index >= 15 is 0 Å². The molecule has 2 heterocycles. The number of allylic oxidation sites excluding steroid dienone is 5. The summed E-state index contributed by atoms with van der Waals surface area (Å²) in [4.78, 5) is 30.7. The normalized spacial score (nSPS) is 12.7. The van der Waals surface area contributed by atoms with Crippen LogP contribution in [-0.2, 0) is 0 Å². The molecule has 0 amide bonds. The van der Waals surface area contributed by atoms with Gasteiger partial charge in [-0.15, -0.1) is 0 Å². The molecule has 0 fully saturated rings. The van der Waals surface area contributed by atoms with Crippen LogP contribution in [-0.4, -0.2) is 33.7 Å². The van der Waals surface area contributed by atoms with Crippen molar-refractivity contribution < 1.29 is 13.9 Å². The van der Waals surface area contributed by atoms with E-state index in [1.807, 2.05) is 13.1 Å². The van der Waals surface area contributed by atoms with E-state index < -0.39 is 24.1 Å². The van der Waals surface area contributed by atoms with Crippen molar-refractivity contribution in [2.24, 2.45) is 0 Å². The molecule has 7 heteroatoms. The van der Waals surface area contributed by atoms with E-state index in [1.54, 1.807) is 66.5 Å². The molecule has 3 rings (SSSR count). The molecule has 1 atom stereocenters. The standard InChI is InChI=1S/C26H26FN3O3/c1-5-8-20(9-6-13-27)19(3)30-14-7-10-22(26(30)32)25(31)21-11-12-23(24(15-21)33-4)29-16-18(2)28-17-29/h5-12,14-17,19H,1,13H2,2-4H3/b9-6-,20-8+. The van der Waals surface area contributed by atoms with Gasteiger partial charge in [0.2, 0.25) is 0 Å². The molecule has 0 N–H and O–H groups in total. The van der Waals surface area contributed by atoms with Crippen molar-refractivity contribution in [3.8, 4) is 11.4 Å². The molecule has 1 unspecified atom stereocenters. The lowest BCUT2D eigenvalue weighted by atomic mass is 10.0. The fourth-order valence-electron chi connectivity index (χ4n) is 3.54. The number of aromatic nitrogens is 3. The minimum absolute atomic E-state index is 0.0325. The summed E-state index contributed by atoms with van der Waals surface area (Å²) in [6.45, 7) is 6.74. The molecule has 6 nitrogen and oxygen atoms in total. The third-order valence-corrected chi connectivity index (χ3v) is 5.26. The first kappa shape index (κ1) is 23.7. The molecule has 0 aliphatic heterocycles. The number of carbonyl (C=O) groups excluding carboxylic acids is 1. The molecule has 33 heavy (non-hydrogen) atoms. The summed E-state index contributed by atoms with van der Waals surface area (Å²) in [7, 11) is 1.52. The molecule has 3 aromatic rings. The fraction of sp³-hybridized carbons (Fsp3) is 0.192. The molecule has 0 aliphatic carbocycles. The monoisotopic (exact) mass is 447 g/mol. The van der Waals surface area contributed by atoms with Crippen molar-refractivity contribution in [2.45, 2.75) is 19.9 Å². The maximum Gasteiger partial charge on any atom is 0.262 e. The van der Waals surface area contributed by atoms with Crippen molar-refractivity contribution in [1.82, 2.24) is 14.1 Å². The maximum absolute atomic E-state index is 13.2. The largest absolute Gasteiger partial charge is 0.495 e. The van der Waals surface area contributed by atoms with Crippen molar-refractivity contribution >= 4 is 5.78 Å². The highest BCUT2D eigenvalue weighted by Crippen LogP contribution is 2.26. The Bertz CT molecular complexity index is 1280. The van der Waals surface area contributed by atoms with E-state index in [-0.39, 0.29) is 5.56 Å². The molecule has 0 spiro atoms. The Balaban J connectivity index is 2.00. The van der Waals surface area contributed by atoms with Crippen molar-refractivity contribution in [3.63, 3.8) is 0 Å². The van der Waals surface area contributed by atoms with Crippen LogP contribution in [0.2, 0.25) is 0 Å². The molecule has 0 saturated heterocycles. The predicted molar refractivity (Wildman–Crippen MR) is 127 cm³/mol. The average Bonchev–Trinajstić information content (AvgIpc) is 3.26. The van der Waals surface area contributed by atoms with Crippen LogP contribution in [0.3, 0.4) is 0 Å². The molecule has 170 valence electrons. The fourth-order valence-corrected chi connectivity index (χ4v) is 3.54. The van der Waals surface area contributed by atoms with Gasteiger partial charge in [0, 0.05) is 18.0 Å². The third-order valence-electron chi connectivity index (χ3n) is 5.26. The summed E-state index contributed by atoms with van der Waals surface area (Å²) in [5.74, 6) is 0.0669. The van der Waals surface area contributed by atoms with E-state index in [2.05, 4.69) is 11.6 Å². The maximum atomic E-state index is 13.2. The van der Waals surface area contributed by atoms with E-state index in [1.165, 1.54) is 23.8 Å². The van der Waals surface area contributed by atoms with Gasteiger partial charge in [0.1, 0.15) is 12.4 Å². The van der Waals surface area contributed by atoms with Crippen LogP contribution in [0.25, 0.3) is 5.69 Å². The summed E-state index contributed by atoms with van der Waals surface area (Å²) in [5.41, 5.74) is 2.19. The van der Waals surface area contributed by atoms with E-state index in [9.17, 15) is 14.0 Å². The number of aryl methyl sites for hydroxylation is 1. The first-order valence-electron chi connectivity index (χ1n) is 10.4. The van der Waals surface area contributed by atoms with E-state index in [4.69, 9.17) is 4.74 Å². The van der Waals surface area contributed by atoms with Crippen molar-refractivity contribution in [2.75, 3.05) is 13.8 Å². The molecule has 0 saturated carbocycles. The SMILES string of the molecule is C=C/C=C(\C=C/CF)C(C)n1cccc(C(=O)c2ccc(-n3cnc(C)c3)c(OC)c2)c1=O. The zero-order valence-electron chi connectivity index (χ0n) is 18.9. The van der Waals surface area contributed by atoms with Crippen LogP contribution in [0, 0.1) is 6.92 Å². The summed E-state index contributed by atoms with van der Waals surface area (Å²) in [6.07, 6.45) is 11.4. The number of ketones is 1. The lowest BCUT2D eigenvalue weighted by Crippen LogP contribution is -2.28. The van der Waals surface area contributed by atoms with Crippen molar-refractivity contribution in [1.29, 1.82) is 0 Å². The minimum Gasteiger partial charge on any atom is -0.495 e. The summed E-state index contributed by atoms with van der Waals surface area (Å²) in [5, 5.41) is 0. The van der Waals surface area contributed by atoms with E-state index in [0.717, 1.165) is 11.4 Å². The van der Waals surface area contributed by atoms with Gasteiger partial charge in [-0.25, -0.2) is 9.37 Å². The van der Waals surface area contributed by atoms with Gasteiger partial charge in [0.25, 0.3) is 5.56 Å². The Morgan fingerprint density at radius 3 is 2.76 bits per heavy atom. The van der Waals surface area contributed by atoms with Gasteiger partial charge < -0.3 is 13.9 Å². The average molecular weight is 448 g/mol. The molecule has 0 aliphatic rings. The Morgan fingerprint density at radius 1 is 1.33 bits per heavy atom. The summed E-state index contributed by atoms with van der Waals surface area (Å²) >= 11 is 0. The van der Waals surface area contributed by atoms with Gasteiger partial charge in [-0.3, -0.25) is 9.59 Å². The number of pyridine rings is 1. The number of alkyl halides is 1. The first-order chi connectivity index (χ1) is 15.9. The zero-order valence-corrected chi connectivity index (χ0v) is 18.9. The number of ether oxygens (including phenoxy) is 1. The highest BCUT2D eigenvalue weighted by atomic mass is 19.1. The van der Waals surface area contributed by atoms with Gasteiger partial charge in [0.15, 0.2) is 5.78 Å². The number of halogens is 1. The highest BCUT2D eigenvalue weighted by Gasteiger charge is 2.19. The van der Waals surface area contributed by atoms with Crippen LogP contribution in [0.5, 0.6) is 5.75 Å². The number of rotatable bonds is 9. The highest BCUT2D eigenvalue weighted by molar-refractivity contribution is 6.09. The van der Waals surface area contributed by atoms with Crippen molar-refractivity contribution in [3.05, 3.63) is 113 Å². The van der Waals surface area contributed by atoms with Crippen LogP contribution in [0.15, 0.2) is 90.3 Å². The molecular formula is C26H26FN3O3. The summed E-state index contributed by atoms with van der Waals surface area (Å²) in [6, 6.07) is 7.75. The van der Waals surface area contributed by atoms with Gasteiger partial charge in [-0.1, -0.05) is 30.9 Å². The molecule has 2 aromatic heterocycles. The second-order valence-electron chi connectivity index (χ2n) is 7.41. The van der Waals surface area contributed by atoms with E-state index in [0.29, 0.717) is 16.9 Å². The Morgan fingerprint density at radius 2 is 2.12 bits per heavy atom. The Labute approximate surface area is 192 Å². The van der Waals surface area contributed by atoms with Gasteiger partial charge in [0.05, 0.1) is 36.4 Å². The zero-order chi connectivity index (χ0) is 24.0. The van der Waals surface area contributed by atoms with Gasteiger partial charge in [-0.05, 0) is 49.8 Å². The van der Waals surface area contributed by atoms with Crippen LogP contribution in [0.1, 0.15) is 34.6 Å². The van der Waals surface area contributed by atoms with Crippen LogP contribution < -0.4 is 10.3 Å². The number of hydrogen-bond donors (Lipinski definition) is 0. The number of carbonyl (C=O) groups is 1. The van der Waals surface area contributed by atoms with Crippen LogP contribution >= 0.6 is 0 Å². The molecule has 0 radical (unpaired) electrons. The van der Waals surface area contributed by atoms with Gasteiger partial charge in [-0.2, -0.15) is 0 Å². The lowest BCUT2D eigenvalue weighted by Gasteiger charge is -2.17. The predicted octanol–water partition coefficient (Wildman–Crippen LogP) is 4.78. The number of imidazole rings is 1. The van der Waals surface area contributed by atoms with Gasteiger partial charge >= 0.3 is 0 Å². The quantitative estimate of drug-likeness (QED) is 0.350. The molecule has 0 bridgehead atoms. The lowest BCUT2D eigenvalue weighted by molar-refractivity contribution is 0.103. The number of nitrogens with zero attached hydrogens (tertiary/aromatic N) is 3. The topological polar surface area (TPSA) is 66.1 Å². The second-order valence-corrected chi connectivity index (χ2v) is 7.41. The molecular weight excluding hydrogens is 421 g/mol. The number of benzene rings is 1. The third kappa shape index (κ3) is 5.09. The number of methoxy groups -OCH3 is 1.